The fourth-order valence-electron chi connectivity index (χ4n) is 1.80. The van der Waals surface area contributed by atoms with Crippen molar-refractivity contribution >= 4 is 17.3 Å². The average Bonchev–Trinajstić information content (AvgIpc) is 2.75. The predicted molar refractivity (Wildman–Crippen MR) is 77.0 cm³/mol. The highest BCUT2D eigenvalue weighted by Crippen LogP contribution is 2.34. The molecule has 0 amide bonds. The Bertz CT molecular complexity index is 646. The molecule has 1 aromatic heterocycles. The third-order valence-corrected chi connectivity index (χ3v) is 3.06. The van der Waals surface area contributed by atoms with E-state index in [-0.39, 0.29) is 0 Å². The molecule has 0 unspecified atom stereocenters. The fraction of sp³-hybridized carbons (Fsp3) is 0.214. The Labute approximate surface area is 122 Å². The number of hydrogen-bond acceptors (Lipinski definition) is 4. The molecule has 2 aromatic rings. The molecular formula is C14H14ClN3O2. The van der Waals surface area contributed by atoms with E-state index in [1.807, 2.05) is 12.1 Å². The summed E-state index contributed by atoms with van der Waals surface area (Å²) in [6.07, 6.45) is 0. The zero-order valence-electron chi connectivity index (χ0n) is 11.0. The molecule has 0 bridgehead atoms. The van der Waals surface area contributed by atoms with Crippen LogP contribution in [0.3, 0.4) is 0 Å². The van der Waals surface area contributed by atoms with Gasteiger partial charge in [0.15, 0.2) is 0 Å². The lowest BCUT2D eigenvalue weighted by atomic mass is 10.3. The minimum atomic E-state index is 0.387. The lowest BCUT2D eigenvalue weighted by Crippen LogP contribution is -2.08. The standard InChI is InChI=1S/C14H14ClN3O2/c1-19-7-6-18-10(9-16)8-12(17)14(18)20-13-5-3-2-4-11(13)15/h2-5,8H,6-7,17H2,1H3. The molecule has 6 heteroatoms. The first-order valence-electron chi connectivity index (χ1n) is 5.97. The Kier molecular flexibility index (Phi) is 4.51. The van der Waals surface area contributed by atoms with E-state index in [0.717, 1.165) is 0 Å². The highest BCUT2D eigenvalue weighted by Gasteiger charge is 2.16. The maximum Gasteiger partial charge on any atom is 0.224 e. The van der Waals surface area contributed by atoms with Crippen molar-refractivity contribution in [3.8, 4) is 17.7 Å². The number of para-hydroxylation sites is 1. The first-order valence-corrected chi connectivity index (χ1v) is 6.35. The maximum absolute atomic E-state index is 9.13. The molecule has 104 valence electrons. The van der Waals surface area contributed by atoms with Crippen molar-refractivity contribution in [3.05, 3.63) is 41.0 Å². The summed E-state index contributed by atoms with van der Waals surface area (Å²) in [4.78, 5) is 0. The van der Waals surface area contributed by atoms with Crippen molar-refractivity contribution in [2.75, 3.05) is 19.5 Å². The van der Waals surface area contributed by atoms with E-state index in [1.165, 1.54) is 0 Å². The number of benzene rings is 1. The van der Waals surface area contributed by atoms with Crippen LogP contribution in [-0.4, -0.2) is 18.3 Å². The summed E-state index contributed by atoms with van der Waals surface area (Å²) in [7, 11) is 1.59. The molecule has 0 saturated carbocycles. The van der Waals surface area contributed by atoms with Gasteiger partial charge in [0, 0.05) is 13.2 Å². The molecule has 0 atom stereocenters. The zero-order chi connectivity index (χ0) is 14.5. The van der Waals surface area contributed by atoms with Crippen LogP contribution in [0.5, 0.6) is 11.6 Å². The highest BCUT2D eigenvalue weighted by atomic mass is 35.5. The average molecular weight is 292 g/mol. The molecule has 0 aliphatic rings. The molecule has 0 fully saturated rings. The smallest absolute Gasteiger partial charge is 0.224 e. The second-order valence-electron chi connectivity index (χ2n) is 4.08. The van der Waals surface area contributed by atoms with Crippen LogP contribution in [-0.2, 0) is 11.3 Å². The van der Waals surface area contributed by atoms with Crippen molar-refractivity contribution < 1.29 is 9.47 Å². The number of halogens is 1. The van der Waals surface area contributed by atoms with Gasteiger partial charge in [0.2, 0.25) is 5.88 Å². The number of rotatable bonds is 5. The molecular weight excluding hydrogens is 278 g/mol. The van der Waals surface area contributed by atoms with Gasteiger partial charge in [0.05, 0.1) is 23.9 Å². The van der Waals surface area contributed by atoms with E-state index in [9.17, 15) is 0 Å². The Balaban J connectivity index is 2.38. The van der Waals surface area contributed by atoms with Crippen molar-refractivity contribution in [2.45, 2.75) is 6.54 Å². The minimum Gasteiger partial charge on any atom is -0.437 e. The van der Waals surface area contributed by atoms with E-state index in [2.05, 4.69) is 6.07 Å². The van der Waals surface area contributed by atoms with Crippen molar-refractivity contribution in [3.63, 3.8) is 0 Å². The maximum atomic E-state index is 9.13. The third kappa shape index (κ3) is 2.87. The number of methoxy groups -OCH3 is 1. The number of anilines is 1. The Hall–Kier alpha value is -2.16. The number of nitrogens with two attached hydrogens (primary N) is 1. The van der Waals surface area contributed by atoms with E-state index < -0.39 is 0 Å². The zero-order valence-corrected chi connectivity index (χ0v) is 11.7. The van der Waals surface area contributed by atoms with Gasteiger partial charge in [-0.05, 0) is 12.1 Å². The molecule has 0 radical (unpaired) electrons. The SMILES string of the molecule is COCCn1c(C#N)cc(N)c1Oc1ccccc1Cl. The van der Waals surface area contributed by atoms with Crippen LogP contribution in [0.4, 0.5) is 5.69 Å². The Morgan fingerprint density at radius 3 is 2.80 bits per heavy atom. The third-order valence-electron chi connectivity index (χ3n) is 2.75. The van der Waals surface area contributed by atoms with Gasteiger partial charge < -0.3 is 15.2 Å². The second kappa shape index (κ2) is 6.33. The molecule has 5 nitrogen and oxygen atoms in total. The van der Waals surface area contributed by atoms with Gasteiger partial charge in [-0.15, -0.1) is 0 Å². The fourth-order valence-corrected chi connectivity index (χ4v) is 1.97. The van der Waals surface area contributed by atoms with Crippen LogP contribution < -0.4 is 10.5 Å². The molecule has 0 aliphatic heterocycles. The Morgan fingerprint density at radius 1 is 1.40 bits per heavy atom. The van der Waals surface area contributed by atoms with Crippen LogP contribution in [0.25, 0.3) is 0 Å². The summed E-state index contributed by atoms with van der Waals surface area (Å²) in [5.41, 5.74) is 6.71. The number of nitriles is 1. The largest absolute Gasteiger partial charge is 0.437 e. The molecule has 0 saturated heterocycles. The van der Waals surface area contributed by atoms with Crippen LogP contribution in [0.15, 0.2) is 30.3 Å². The highest BCUT2D eigenvalue weighted by molar-refractivity contribution is 6.32. The Morgan fingerprint density at radius 2 is 2.15 bits per heavy atom. The summed E-state index contributed by atoms with van der Waals surface area (Å²) in [5.74, 6) is 0.883. The molecule has 2 rings (SSSR count). The number of hydrogen-bond donors (Lipinski definition) is 1. The van der Waals surface area contributed by atoms with Crippen molar-refractivity contribution in [2.24, 2.45) is 0 Å². The van der Waals surface area contributed by atoms with Crippen LogP contribution >= 0.6 is 11.6 Å². The number of nitrogen functional groups attached to an aromatic ring is 1. The van der Waals surface area contributed by atoms with E-state index in [4.69, 9.17) is 32.1 Å². The van der Waals surface area contributed by atoms with Crippen molar-refractivity contribution in [1.29, 1.82) is 5.26 Å². The monoisotopic (exact) mass is 291 g/mol. The first kappa shape index (κ1) is 14.3. The molecule has 0 spiro atoms. The first-order chi connectivity index (χ1) is 9.67. The number of nitrogens with zero attached hydrogens (tertiary/aromatic N) is 2. The number of aromatic nitrogens is 1. The van der Waals surface area contributed by atoms with Gasteiger partial charge in [-0.25, -0.2) is 0 Å². The quantitative estimate of drug-likeness (QED) is 0.919. The topological polar surface area (TPSA) is 73.2 Å². The van der Waals surface area contributed by atoms with Crippen LogP contribution in [0.1, 0.15) is 5.69 Å². The lowest BCUT2D eigenvalue weighted by molar-refractivity contribution is 0.184. The molecule has 1 aromatic carbocycles. The molecule has 20 heavy (non-hydrogen) atoms. The van der Waals surface area contributed by atoms with E-state index in [0.29, 0.717) is 41.2 Å². The van der Waals surface area contributed by atoms with Crippen LogP contribution in [0.2, 0.25) is 5.02 Å². The van der Waals surface area contributed by atoms with Crippen LogP contribution in [0, 0.1) is 11.3 Å². The normalized spacial score (nSPS) is 10.2. The van der Waals surface area contributed by atoms with Gasteiger partial charge >= 0.3 is 0 Å². The molecule has 2 N–H and O–H groups in total. The van der Waals surface area contributed by atoms with Gasteiger partial charge in [0.25, 0.3) is 0 Å². The lowest BCUT2D eigenvalue weighted by Gasteiger charge is -2.12. The minimum absolute atomic E-state index is 0.387. The van der Waals surface area contributed by atoms with Gasteiger partial charge in [-0.1, -0.05) is 23.7 Å². The molecule has 0 aliphatic carbocycles. The summed E-state index contributed by atoms with van der Waals surface area (Å²) in [6.45, 7) is 0.915. The van der Waals surface area contributed by atoms with E-state index >= 15 is 0 Å². The summed E-state index contributed by atoms with van der Waals surface area (Å²) < 4.78 is 12.4. The predicted octanol–water partition coefficient (Wildman–Crippen LogP) is 3.03. The summed E-state index contributed by atoms with van der Waals surface area (Å²) in [5, 5.41) is 9.60. The number of ether oxygens (including phenoxy) is 2. The van der Waals surface area contributed by atoms with E-state index in [1.54, 1.807) is 29.9 Å². The van der Waals surface area contributed by atoms with Gasteiger partial charge in [0.1, 0.15) is 17.5 Å². The van der Waals surface area contributed by atoms with Crippen molar-refractivity contribution in [1.82, 2.24) is 4.57 Å². The second-order valence-corrected chi connectivity index (χ2v) is 4.49. The summed E-state index contributed by atoms with van der Waals surface area (Å²) >= 11 is 6.06. The summed E-state index contributed by atoms with van der Waals surface area (Å²) in [6, 6.07) is 10.7. The van der Waals surface area contributed by atoms with Gasteiger partial charge in [-0.3, -0.25) is 4.57 Å². The van der Waals surface area contributed by atoms with Gasteiger partial charge in [-0.2, -0.15) is 5.26 Å². The molecule has 1 heterocycles.